The molecule has 0 atom stereocenters. The summed E-state index contributed by atoms with van der Waals surface area (Å²) in [5, 5.41) is 3.43. The maximum absolute atomic E-state index is 11.7. The lowest BCUT2D eigenvalue weighted by Gasteiger charge is -2.09. The number of hydrogen-bond donors (Lipinski definition) is 1. The van der Waals surface area contributed by atoms with Gasteiger partial charge in [0.2, 0.25) is 5.88 Å². The molecule has 24 heavy (non-hydrogen) atoms. The Balaban J connectivity index is 2.10. The van der Waals surface area contributed by atoms with E-state index in [0.717, 1.165) is 30.5 Å². The van der Waals surface area contributed by atoms with Crippen LogP contribution in [-0.2, 0) is 11.2 Å². The van der Waals surface area contributed by atoms with Crippen molar-refractivity contribution in [1.29, 1.82) is 0 Å². The molecule has 128 valence electrons. The largest absolute Gasteiger partial charge is 0.467 e. The van der Waals surface area contributed by atoms with E-state index in [0.29, 0.717) is 23.3 Å². The van der Waals surface area contributed by atoms with E-state index in [2.05, 4.69) is 22.2 Å². The van der Waals surface area contributed by atoms with E-state index in [9.17, 15) is 4.79 Å². The number of amides is 1. The zero-order chi connectivity index (χ0) is 17.4. The summed E-state index contributed by atoms with van der Waals surface area (Å²) in [6.07, 6.45) is 2.74. The van der Waals surface area contributed by atoms with Crippen molar-refractivity contribution < 1.29 is 9.53 Å². The Labute approximate surface area is 147 Å². The van der Waals surface area contributed by atoms with E-state index in [4.69, 9.17) is 16.3 Å². The van der Waals surface area contributed by atoms with E-state index in [-0.39, 0.29) is 12.5 Å². The molecule has 0 fully saturated rings. The minimum absolute atomic E-state index is 0.0567. The fraction of sp³-hybridized carbons (Fsp3) is 0.389. The van der Waals surface area contributed by atoms with E-state index in [1.165, 1.54) is 0 Å². The van der Waals surface area contributed by atoms with Crippen LogP contribution in [0.25, 0.3) is 11.4 Å². The zero-order valence-corrected chi connectivity index (χ0v) is 14.8. The van der Waals surface area contributed by atoms with Crippen LogP contribution in [0.15, 0.2) is 30.3 Å². The molecule has 1 aromatic heterocycles. The predicted molar refractivity (Wildman–Crippen MR) is 95.3 cm³/mol. The Morgan fingerprint density at radius 1 is 1.25 bits per heavy atom. The second kappa shape index (κ2) is 9.23. The fourth-order valence-electron chi connectivity index (χ4n) is 2.08. The Hall–Kier alpha value is -2.14. The highest BCUT2D eigenvalue weighted by atomic mass is 35.5. The van der Waals surface area contributed by atoms with E-state index in [1.54, 1.807) is 18.2 Å². The molecular weight excluding hydrogens is 326 g/mol. The van der Waals surface area contributed by atoms with Gasteiger partial charge in [0.05, 0.1) is 0 Å². The summed E-state index contributed by atoms with van der Waals surface area (Å²) in [4.78, 5) is 20.6. The van der Waals surface area contributed by atoms with Gasteiger partial charge in [-0.1, -0.05) is 44.0 Å². The number of benzene rings is 1. The van der Waals surface area contributed by atoms with Crippen molar-refractivity contribution in [1.82, 2.24) is 15.3 Å². The van der Waals surface area contributed by atoms with Gasteiger partial charge in [-0.15, -0.1) is 0 Å². The van der Waals surface area contributed by atoms with Crippen molar-refractivity contribution in [2.24, 2.45) is 0 Å². The first-order chi connectivity index (χ1) is 11.6. The van der Waals surface area contributed by atoms with Crippen LogP contribution >= 0.6 is 11.6 Å². The van der Waals surface area contributed by atoms with Crippen LogP contribution in [0.1, 0.15) is 32.4 Å². The van der Waals surface area contributed by atoms with Crippen LogP contribution < -0.4 is 10.1 Å². The van der Waals surface area contributed by atoms with Crippen molar-refractivity contribution in [2.45, 2.75) is 33.1 Å². The lowest BCUT2D eigenvalue weighted by Crippen LogP contribution is -2.29. The van der Waals surface area contributed by atoms with Crippen molar-refractivity contribution in [3.8, 4) is 17.3 Å². The van der Waals surface area contributed by atoms with Gasteiger partial charge in [-0.25, -0.2) is 4.98 Å². The number of ether oxygens (including phenoxy) is 1. The molecule has 5 nitrogen and oxygen atoms in total. The van der Waals surface area contributed by atoms with Crippen LogP contribution in [0, 0.1) is 0 Å². The number of unbranched alkanes of at least 4 members (excludes halogenated alkanes) is 1. The van der Waals surface area contributed by atoms with Crippen molar-refractivity contribution >= 4 is 17.5 Å². The summed E-state index contributed by atoms with van der Waals surface area (Å²) in [6, 6.07) is 9.10. The molecule has 1 aromatic carbocycles. The predicted octanol–water partition coefficient (Wildman–Crippen LogP) is 3.65. The number of nitrogens with zero attached hydrogens (tertiary/aromatic N) is 2. The molecule has 6 heteroatoms. The molecule has 2 aromatic rings. The normalized spacial score (nSPS) is 10.5. The van der Waals surface area contributed by atoms with Gasteiger partial charge in [0.25, 0.3) is 5.91 Å². The maximum atomic E-state index is 11.7. The first-order valence-corrected chi connectivity index (χ1v) is 8.53. The van der Waals surface area contributed by atoms with Crippen molar-refractivity contribution in [3.63, 3.8) is 0 Å². The van der Waals surface area contributed by atoms with Gasteiger partial charge in [0.15, 0.2) is 12.4 Å². The fourth-order valence-corrected chi connectivity index (χ4v) is 2.27. The smallest absolute Gasteiger partial charge is 0.258 e. The Morgan fingerprint density at radius 3 is 2.79 bits per heavy atom. The van der Waals surface area contributed by atoms with E-state index in [1.807, 2.05) is 19.1 Å². The summed E-state index contributed by atoms with van der Waals surface area (Å²) in [6.45, 7) is 4.69. The number of halogens is 1. The second-order valence-electron chi connectivity index (χ2n) is 5.38. The first-order valence-electron chi connectivity index (χ1n) is 8.15. The standard InChI is InChI=1S/C18H22ClN3O2/c1-3-5-9-20-16(23)12-24-17-11-15(4-2)21-18(22-17)13-7-6-8-14(19)10-13/h6-8,10-11H,3-5,9,12H2,1-2H3,(H,20,23). The third kappa shape index (κ3) is 5.49. The number of hydrogen-bond acceptors (Lipinski definition) is 4. The van der Waals surface area contributed by atoms with Crippen LogP contribution in [0.3, 0.4) is 0 Å². The molecule has 1 amide bonds. The topological polar surface area (TPSA) is 64.1 Å². The Bertz CT molecular complexity index is 692. The molecule has 2 rings (SSSR count). The molecule has 0 bridgehead atoms. The highest BCUT2D eigenvalue weighted by Gasteiger charge is 2.09. The highest BCUT2D eigenvalue weighted by molar-refractivity contribution is 6.30. The van der Waals surface area contributed by atoms with Gasteiger partial charge in [0.1, 0.15) is 0 Å². The zero-order valence-electron chi connectivity index (χ0n) is 14.0. The number of aryl methyl sites for hydroxylation is 1. The third-order valence-corrected chi connectivity index (χ3v) is 3.64. The average Bonchev–Trinajstić information content (AvgIpc) is 2.60. The van der Waals surface area contributed by atoms with Gasteiger partial charge < -0.3 is 10.1 Å². The highest BCUT2D eigenvalue weighted by Crippen LogP contribution is 2.22. The van der Waals surface area contributed by atoms with Gasteiger partial charge in [-0.3, -0.25) is 4.79 Å². The van der Waals surface area contributed by atoms with Gasteiger partial charge in [-0.2, -0.15) is 4.98 Å². The molecule has 0 radical (unpaired) electrons. The minimum atomic E-state index is -0.149. The van der Waals surface area contributed by atoms with Crippen LogP contribution in [0.2, 0.25) is 5.02 Å². The third-order valence-electron chi connectivity index (χ3n) is 3.40. The number of rotatable bonds is 8. The van der Waals surface area contributed by atoms with Crippen LogP contribution in [-0.4, -0.2) is 29.0 Å². The number of carbonyl (C=O) groups excluding carboxylic acids is 1. The van der Waals surface area contributed by atoms with Gasteiger partial charge in [-0.05, 0) is 25.0 Å². The number of carbonyl (C=O) groups is 1. The molecule has 0 saturated heterocycles. The molecule has 1 N–H and O–H groups in total. The summed E-state index contributed by atoms with van der Waals surface area (Å²) in [7, 11) is 0. The number of nitrogens with one attached hydrogen (secondary N) is 1. The van der Waals surface area contributed by atoms with E-state index >= 15 is 0 Å². The number of aromatic nitrogens is 2. The molecule has 0 aliphatic heterocycles. The second-order valence-corrected chi connectivity index (χ2v) is 5.81. The van der Waals surface area contributed by atoms with E-state index < -0.39 is 0 Å². The lowest BCUT2D eigenvalue weighted by atomic mass is 10.2. The van der Waals surface area contributed by atoms with Gasteiger partial charge in [0, 0.05) is 28.9 Å². The van der Waals surface area contributed by atoms with Crippen molar-refractivity contribution in [2.75, 3.05) is 13.2 Å². The first kappa shape index (κ1) is 18.2. The molecular formula is C18H22ClN3O2. The lowest BCUT2D eigenvalue weighted by molar-refractivity contribution is -0.123. The van der Waals surface area contributed by atoms with Gasteiger partial charge >= 0.3 is 0 Å². The Kier molecular flexibility index (Phi) is 7.00. The summed E-state index contributed by atoms with van der Waals surface area (Å²) < 4.78 is 5.54. The SMILES string of the molecule is CCCCNC(=O)COc1cc(CC)nc(-c2cccc(Cl)c2)n1. The molecule has 0 aliphatic carbocycles. The van der Waals surface area contributed by atoms with Crippen molar-refractivity contribution in [3.05, 3.63) is 41.0 Å². The summed E-state index contributed by atoms with van der Waals surface area (Å²) >= 11 is 6.03. The molecule has 1 heterocycles. The average molecular weight is 348 g/mol. The quantitative estimate of drug-likeness (QED) is 0.740. The molecule has 0 spiro atoms. The molecule has 0 saturated carbocycles. The molecule has 0 aliphatic rings. The summed E-state index contributed by atoms with van der Waals surface area (Å²) in [5.74, 6) is 0.783. The summed E-state index contributed by atoms with van der Waals surface area (Å²) in [5.41, 5.74) is 1.66. The van der Waals surface area contributed by atoms with Crippen LogP contribution in [0.4, 0.5) is 0 Å². The monoisotopic (exact) mass is 347 g/mol. The molecule has 0 unspecified atom stereocenters. The van der Waals surface area contributed by atoms with Crippen LogP contribution in [0.5, 0.6) is 5.88 Å². The minimum Gasteiger partial charge on any atom is -0.467 e. The maximum Gasteiger partial charge on any atom is 0.258 e. The Morgan fingerprint density at radius 2 is 2.08 bits per heavy atom.